The highest BCUT2D eigenvalue weighted by molar-refractivity contribution is 7.85. The van der Waals surface area contributed by atoms with E-state index >= 15 is 0 Å². The van der Waals surface area contributed by atoms with Crippen molar-refractivity contribution < 1.29 is 4.21 Å². The first-order valence-electron chi connectivity index (χ1n) is 7.36. The van der Waals surface area contributed by atoms with Crippen LogP contribution in [0.2, 0.25) is 5.02 Å². The molecule has 1 aromatic carbocycles. The third kappa shape index (κ3) is 3.63. The van der Waals surface area contributed by atoms with E-state index in [9.17, 15) is 4.21 Å². The third-order valence-electron chi connectivity index (χ3n) is 4.47. The van der Waals surface area contributed by atoms with Gasteiger partial charge in [-0.2, -0.15) is 0 Å². The van der Waals surface area contributed by atoms with Gasteiger partial charge in [-0.3, -0.25) is 4.21 Å². The minimum absolute atomic E-state index is 0.197. The molecule has 112 valence electrons. The lowest BCUT2D eigenvalue weighted by atomic mass is 9.79. The second-order valence-corrected chi connectivity index (χ2v) is 8.11. The van der Waals surface area contributed by atoms with E-state index in [-0.39, 0.29) is 5.25 Å². The number of halogens is 1. The number of rotatable bonds is 4. The van der Waals surface area contributed by atoms with Crippen LogP contribution in [0.3, 0.4) is 0 Å². The van der Waals surface area contributed by atoms with Crippen molar-refractivity contribution in [1.29, 1.82) is 0 Å². The molecule has 1 aliphatic rings. The minimum Gasteiger partial charge on any atom is -0.316 e. The van der Waals surface area contributed by atoms with E-state index in [1.807, 2.05) is 31.3 Å². The molecule has 0 aliphatic heterocycles. The van der Waals surface area contributed by atoms with Gasteiger partial charge in [0.05, 0.1) is 16.0 Å². The van der Waals surface area contributed by atoms with Gasteiger partial charge in [0, 0.05) is 16.0 Å². The van der Waals surface area contributed by atoms with Crippen LogP contribution in [0.25, 0.3) is 0 Å². The van der Waals surface area contributed by atoms with Crippen LogP contribution in [-0.4, -0.2) is 22.5 Å². The highest BCUT2D eigenvalue weighted by atomic mass is 35.5. The lowest BCUT2D eigenvalue weighted by Gasteiger charge is -2.37. The lowest BCUT2D eigenvalue weighted by Crippen LogP contribution is -2.45. The van der Waals surface area contributed by atoms with Gasteiger partial charge >= 0.3 is 0 Å². The Balaban J connectivity index is 2.17. The van der Waals surface area contributed by atoms with Gasteiger partial charge in [0.2, 0.25) is 0 Å². The van der Waals surface area contributed by atoms with Crippen molar-refractivity contribution in [2.45, 2.75) is 49.3 Å². The van der Waals surface area contributed by atoms with E-state index < -0.39 is 10.8 Å². The Morgan fingerprint density at radius 2 is 1.90 bits per heavy atom. The minimum atomic E-state index is -0.966. The maximum absolute atomic E-state index is 12.9. The maximum atomic E-state index is 12.9. The summed E-state index contributed by atoms with van der Waals surface area (Å²) < 4.78 is 12.9. The molecule has 0 amide bonds. The number of nitrogens with one attached hydrogen (secondary N) is 1. The van der Waals surface area contributed by atoms with Crippen LogP contribution in [0.15, 0.2) is 29.2 Å². The van der Waals surface area contributed by atoms with Gasteiger partial charge in [-0.05, 0) is 62.4 Å². The summed E-state index contributed by atoms with van der Waals surface area (Å²) >= 11 is 5.91. The second-order valence-electron chi connectivity index (χ2n) is 6.00. The Kier molecular flexibility index (Phi) is 5.65. The highest BCUT2D eigenvalue weighted by Gasteiger charge is 2.35. The predicted molar refractivity (Wildman–Crippen MR) is 86.7 cm³/mol. The maximum Gasteiger partial charge on any atom is 0.0576 e. The molecule has 0 saturated heterocycles. The van der Waals surface area contributed by atoms with Crippen molar-refractivity contribution in [3.63, 3.8) is 0 Å². The number of hydrogen-bond acceptors (Lipinski definition) is 2. The Bertz CT molecular complexity index is 460. The van der Waals surface area contributed by atoms with Gasteiger partial charge < -0.3 is 5.32 Å². The summed E-state index contributed by atoms with van der Waals surface area (Å²) in [6.07, 6.45) is 3.39. The van der Waals surface area contributed by atoms with Gasteiger partial charge in [-0.15, -0.1) is 0 Å². The van der Waals surface area contributed by atoms with Crippen LogP contribution in [0.4, 0.5) is 0 Å². The molecule has 1 aromatic rings. The number of hydrogen-bond donors (Lipinski definition) is 1. The van der Waals surface area contributed by atoms with Crippen LogP contribution >= 0.6 is 11.6 Å². The average Bonchev–Trinajstić information content (AvgIpc) is 2.46. The quantitative estimate of drug-likeness (QED) is 0.914. The van der Waals surface area contributed by atoms with Gasteiger partial charge in [0.1, 0.15) is 0 Å². The van der Waals surface area contributed by atoms with Crippen molar-refractivity contribution >= 4 is 22.4 Å². The van der Waals surface area contributed by atoms with Crippen molar-refractivity contribution in [3.8, 4) is 0 Å². The summed E-state index contributed by atoms with van der Waals surface area (Å²) in [7, 11) is 1.01. The van der Waals surface area contributed by atoms with Crippen molar-refractivity contribution in [1.82, 2.24) is 5.32 Å². The van der Waals surface area contributed by atoms with E-state index in [1.165, 1.54) is 6.42 Å². The molecular weight excluding hydrogens is 290 g/mol. The fraction of sp³-hybridized carbons (Fsp3) is 0.625. The summed E-state index contributed by atoms with van der Waals surface area (Å²) in [5.41, 5.74) is 0. The van der Waals surface area contributed by atoms with Crippen molar-refractivity contribution in [2.75, 3.05) is 7.05 Å². The Morgan fingerprint density at radius 1 is 1.25 bits per heavy atom. The first-order chi connectivity index (χ1) is 9.52. The largest absolute Gasteiger partial charge is 0.316 e. The second kappa shape index (κ2) is 7.06. The van der Waals surface area contributed by atoms with Crippen molar-refractivity contribution in [3.05, 3.63) is 29.3 Å². The lowest BCUT2D eigenvalue weighted by molar-refractivity contribution is 0.249. The normalized spacial score (nSPS) is 28.6. The molecule has 4 heteroatoms. The fourth-order valence-corrected chi connectivity index (χ4v) is 4.95. The summed E-state index contributed by atoms with van der Waals surface area (Å²) in [6, 6.07) is 7.79. The summed E-state index contributed by atoms with van der Waals surface area (Å²) in [4.78, 5) is 0.893. The molecule has 2 nitrogen and oxygen atoms in total. The molecule has 4 unspecified atom stereocenters. The third-order valence-corrected chi connectivity index (χ3v) is 6.53. The SMILES string of the molecule is CNC1CCC(C(C)C)CC1S(=O)c1ccc(Cl)cc1. The summed E-state index contributed by atoms with van der Waals surface area (Å²) in [5, 5.41) is 4.25. The molecule has 4 atom stereocenters. The molecule has 1 fully saturated rings. The molecule has 2 rings (SSSR count). The van der Waals surface area contributed by atoms with E-state index in [0.29, 0.717) is 22.9 Å². The van der Waals surface area contributed by atoms with Crippen LogP contribution in [0.5, 0.6) is 0 Å². The Hall–Kier alpha value is -0.380. The Labute approximate surface area is 129 Å². The standard InChI is InChI=1S/C16H24ClNOS/c1-11(2)12-4-9-15(18-3)16(10-12)20(19)14-7-5-13(17)6-8-14/h5-8,11-12,15-16,18H,4,9-10H2,1-3H3. The smallest absolute Gasteiger partial charge is 0.0576 e. The fourth-order valence-electron chi connectivity index (χ4n) is 3.08. The molecule has 0 spiro atoms. The van der Waals surface area contributed by atoms with E-state index in [1.54, 1.807) is 0 Å². The monoisotopic (exact) mass is 313 g/mol. The van der Waals surface area contributed by atoms with E-state index in [0.717, 1.165) is 17.7 Å². The van der Waals surface area contributed by atoms with Gasteiger partial charge in [-0.1, -0.05) is 25.4 Å². The van der Waals surface area contributed by atoms with E-state index in [4.69, 9.17) is 11.6 Å². The number of benzene rings is 1. The first kappa shape index (κ1) is 16.0. The summed E-state index contributed by atoms with van der Waals surface area (Å²) in [5.74, 6) is 1.35. The van der Waals surface area contributed by atoms with Crippen LogP contribution in [0.1, 0.15) is 33.1 Å². The van der Waals surface area contributed by atoms with Crippen LogP contribution in [-0.2, 0) is 10.8 Å². The molecule has 0 aromatic heterocycles. The molecule has 1 aliphatic carbocycles. The first-order valence-corrected chi connectivity index (χ1v) is 8.95. The van der Waals surface area contributed by atoms with Crippen LogP contribution < -0.4 is 5.32 Å². The van der Waals surface area contributed by atoms with E-state index in [2.05, 4.69) is 19.2 Å². The topological polar surface area (TPSA) is 29.1 Å². The molecule has 0 bridgehead atoms. The summed E-state index contributed by atoms with van der Waals surface area (Å²) in [6.45, 7) is 4.54. The zero-order valence-corrected chi connectivity index (χ0v) is 14.0. The molecule has 0 heterocycles. The van der Waals surface area contributed by atoms with Gasteiger partial charge in [-0.25, -0.2) is 0 Å². The molecule has 20 heavy (non-hydrogen) atoms. The van der Waals surface area contributed by atoms with Gasteiger partial charge in [0.25, 0.3) is 0 Å². The Morgan fingerprint density at radius 3 is 2.45 bits per heavy atom. The van der Waals surface area contributed by atoms with Crippen LogP contribution in [0, 0.1) is 11.8 Å². The highest BCUT2D eigenvalue weighted by Crippen LogP contribution is 2.34. The zero-order chi connectivity index (χ0) is 14.7. The molecule has 1 N–H and O–H groups in total. The molecule has 0 radical (unpaired) electrons. The molecular formula is C16H24ClNOS. The molecule has 1 saturated carbocycles. The predicted octanol–water partition coefficient (Wildman–Crippen LogP) is 3.86. The van der Waals surface area contributed by atoms with Gasteiger partial charge in [0.15, 0.2) is 0 Å². The average molecular weight is 314 g/mol. The van der Waals surface area contributed by atoms with Crippen molar-refractivity contribution in [2.24, 2.45) is 11.8 Å². The zero-order valence-electron chi connectivity index (χ0n) is 12.4.